The van der Waals surface area contributed by atoms with Gasteiger partial charge in [0.25, 0.3) is 5.82 Å². The van der Waals surface area contributed by atoms with Crippen LogP contribution < -0.4 is 10.6 Å². The summed E-state index contributed by atoms with van der Waals surface area (Å²) >= 11 is 0. The summed E-state index contributed by atoms with van der Waals surface area (Å²) in [6, 6.07) is -0.634. The van der Waals surface area contributed by atoms with E-state index in [1.165, 1.54) is 0 Å². The largest absolute Gasteiger partial charge is 0.455 e. The molecular formula is C8H9F3N4O2. The molecule has 94 valence electrons. The lowest BCUT2D eigenvalue weighted by atomic mass is 10.1. The van der Waals surface area contributed by atoms with Gasteiger partial charge in [-0.25, -0.2) is 0 Å². The van der Waals surface area contributed by atoms with Gasteiger partial charge in [-0.1, -0.05) is 5.16 Å². The van der Waals surface area contributed by atoms with Crippen LogP contribution in [0.1, 0.15) is 11.7 Å². The van der Waals surface area contributed by atoms with Gasteiger partial charge >= 0.3 is 6.18 Å². The lowest BCUT2D eigenvalue weighted by Gasteiger charge is -2.21. The third-order valence-electron chi connectivity index (χ3n) is 2.23. The number of amides is 1. The molecule has 1 amide bonds. The Hall–Kier alpha value is -1.64. The zero-order valence-electron chi connectivity index (χ0n) is 8.54. The van der Waals surface area contributed by atoms with Gasteiger partial charge in [0.15, 0.2) is 0 Å². The summed E-state index contributed by atoms with van der Waals surface area (Å²) in [6.07, 6.45) is -4.70. The quantitative estimate of drug-likeness (QED) is 0.754. The molecule has 17 heavy (non-hydrogen) atoms. The van der Waals surface area contributed by atoms with Crippen molar-refractivity contribution in [2.24, 2.45) is 0 Å². The smallest absolute Gasteiger partial charge is 0.353 e. The minimum atomic E-state index is -4.63. The van der Waals surface area contributed by atoms with Gasteiger partial charge in [-0.05, 0) is 0 Å². The first-order valence-electron chi connectivity index (χ1n) is 4.87. The summed E-state index contributed by atoms with van der Waals surface area (Å²) in [7, 11) is 0. The van der Waals surface area contributed by atoms with Crippen LogP contribution in [-0.4, -0.2) is 35.2 Å². The number of rotatable bonds is 2. The first kappa shape index (κ1) is 11.8. The number of piperazine rings is 1. The Balaban J connectivity index is 2.03. The topological polar surface area (TPSA) is 80.0 Å². The molecule has 0 saturated carbocycles. The van der Waals surface area contributed by atoms with Gasteiger partial charge in [0.2, 0.25) is 11.8 Å². The van der Waals surface area contributed by atoms with E-state index in [0.717, 1.165) is 0 Å². The summed E-state index contributed by atoms with van der Waals surface area (Å²) in [6.45, 7) is 1.05. The van der Waals surface area contributed by atoms with Gasteiger partial charge in [0.1, 0.15) is 0 Å². The fourth-order valence-electron chi connectivity index (χ4n) is 1.44. The van der Waals surface area contributed by atoms with Gasteiger partial charge in [-0.3, -0.25) is 4.79 Å². The Morgan fingerprint density at radius 3 is 2.76 bits per heavy atom. The molecule has 1 aromatic rings. The molecule has 1 unspecified atom stereocenters. The van der Waals surface area contributed by atoms with Crippen molar-refractivity contribution in [1.82, 2.24) is 20.8 Å². The van der Waals surface area contributed by atoms with E-state index in [1.807, 2.05) is 0 Å². The molecule has 1 saturated heterocycles. The van der Waals surface area contributed by atoms with E-state index in [2.05, 4.69) is 25.3 Å². The zero-order valence-corrected chi connectivity index (χ0v) is 8.54. The Morgan fingerprint density at radius 2 is 2.18 bits per heavy atom. The number of nitrogens with zero attached hydrogens (tertiary/aromatic N) is 2. The summed E-state index contributed by atoms with van der Waals surface area (Å²) < 4.78 is 41.0. The highest BCUT2D eigenvalue weighted by Gasteiger charge is 2.37. The van der Waals surface area contributed by atoms with E-state index in [9.17, 15) is 18.0 Å². The van der Waals surface area contributed by atoms with Crippen LogP contribution in [0.5, 0.6) is 0 Å². The normalized spacial score (nSPS) is 21.4. The van der Waals surface area contributed by atoms with Crippen molar-refractivity contribution < 1.29 is 22.5 Å². The monoisotopic (exact) mass is 250 g/mol. The van der Waals surface area contributed by atoms with Gasteiger partial charge in [0, 0.05) is 13.1 Å². The van der Waals surface area contributed by atoms with Gasteiger partial charge in [-0.15, -0.1) is 0 Å². The van der Waals surface area contributed by atoms with Crippen molar-refractivity contribution in [2.75, 3.05) is 13.1 Å². The van der Waals surface area contributed by atoms with Crippen LogP contribution in [0.25, 0.3) is 0 Å². The molecule has 1 atom stereocenters. The molecule has 0 radical (unpaired) electrons. The lowest BCUT2D eigenvalue weighted by Crippen LogP contribution is -2.53. The Morgan fingerprint density at radius 1 is 1.41 bits per heavy atom. The Bertz CT molecular complexity index is 417. The average molecular weight is 250 g/mol. The summed E-state index contributed by atoms with van der Waals surface area (Å²) in [5.74, 6) is -1.83. The van der Waals surface area contributed by atoms with Crippen molar-refractivity contribution >= 4 is 5.91 Å². The van der Waals surface area contributed by atoms with E-state index < -0.39 is 18.0 Å². The predicted octanol–water partition coefficient (Wildman–Crippen LogP) is -0.281. The first-order valence-corrected chi connectivity index (χ1v) is 4.87. The highest BCUT2D eigenvalue weighted by Crippen LogP contribution is 2.26. The summed E-state index contributed by atoms with van der Waals surface area (Å²) in [5, 5.41) is 8.23. The summed E-state index contributed by atoms with van der Waals surface area (Å²) in [5.41, 5.74) is 0. The number of halogens is 3. The van der Waals surface area contributed by atoms with E-state index in [-0.39, 0.29) is 18.2 Å². The van der Waals surface area contributed by atoms with E-state index in [1.54, 1.807) is 0 Å². The highest BCUT2D eigenvalue weighted by molar-refractivity contribution is 5.82. The molecule has 2 rings (SSSR count). The number of alkyl halides is 3. The van der Waals surface area contributed by atoms with Gasteiger partial charge in [-0.2, -0.15) is 18.2 Å². The second-order valence-corrected chi connectivity index (χ2v) is 3.51. The third kappa shape index (κ3) is 2.73. The van der Waals surface area contributed by atoms with Crippen LogP contribution in [0.15, 0.2) is 4.52 Å². The second-order valence-electron chi connectivity index (χ2n) is 3.51. The molecule has 0 spiro atoms. The molecule has 0 aromatic carbocycles. The van der Waals surface area contributed by atoms with E-state index in [0.29, 0.717) is 13.1 Å². The first-order chi connectivity index (χ1) is 7.97. The Kier molecular flexibility index (Phi) is 3.01. The zero-order chi connectivity index (χ0) is 12.5. The van der Waals surface area contributed by atoms with Crippen LogP contribution in [0.4, 0.5) is 13.2 Å². The number of aromatic nitrogens is 2. The molecule has 1 aliphatic rings. The van der Waals surface area contributed by atoms with Gasteiger partial charge in [0.05, 0.1) is 12.5 Å². The van der Waals surface area contributed by atoms with Crippen LogP contribution in [0.3, 0.4) is 0 Å². The number of hydrogen-bond donors (Lipinski definition) is 2. The molecule has 0 aliphatic carbocycles. The van der Waals surface area contributed by atoms with Crippen LogP contribution >= 0.6 is 0 Å². The van der Waals surface area contributed by atoms with Crippen molar-refractivity contribution in [1.29, 1.82) is 0 Å². The standard InChI is InChI=1S/C8H9F3N4O2/c9-8(10,11)7-14-5(17-15-7)3-4-6(16)13-2-1-12-4/h4,12H,1-3H2,(H,13,16). The predicted molar refractivity (Wildman–Crippen MR) is 47.8 cm³/mol. The molecule has 1 aliphatic heterocycles. The fourth-order valence-corrected chi connectivity index (χ4v) is 1.44. The Labute approximate surface area is 93.6 Å². The maximum atomic E-state index is 12.2. The lowest BCUT2D eigenvalue weighted by molar-refractivity contribution is -0.146. The molecule has 0 bridgehead atoms. The van der Waals surface area contributed by atoms with Crippen molar-refractivity contribution in [3.05, 3.63) is 11.7 Å². The second kappa shape index (κ2) is 4.32. The number of nitrogens with one attached hydrogen (secondary N) is 2. The molecule has 1 aromatic heterocycles. The number of carbonyl (C=O) groups is 1. The molecule has 1 fully saturated rings. The minimum absolute atomic E-state index is 0.0606. The van der Waals surface area contributed by atoms with Crippen LogP contribution in [0, 0.1) is 0 Å². The molecule has 6 nitrogen and oxygen atoms in total. The van der Waals surface area contributed by atoms with Gasteiger partial charge < -0.3 is 15.2 Å². The SMILES string of the molecule is O=C1NCCNC1Cc1nc(C(F)(F)F)no1. The molecule has 2 heterocycles. The van der Waals surface area contributed by atoms with E-state index in [4.69, 9.17) is 0 Å². The average Bonchev–Trinajstić information content (AvgIpc) is 2.69. The third-order valence-corrected chi connectivity index (χ3v) is 2.23. The fraction of sp³-hybridized carbons (Fsp3) is 0.625. The van der Waals surface area contributed by atoms with Crippen molar-refractivity contribution in [3.8, 4) is 0 Å². The van der Waals surface area contributed by atoms with E-state index >= 15 is 0 Å². The van der Waals surface area contributed by atoms with Crippen LogP contribution in [-0.2, 0) is 17.4 Å². The summed E-state index contributed by atoms with van der Waals surface area (Å²) in [4.78, 5) is 14.5. The highest BCUT2D eigenvalue weighted by atomic mass is 19.4. The minimum Gasteiger partial charge on any atom is -0.353 e. The molecular weight excluding hydrogens is 241 g/mol. The van der Waals surface area contributed by atoms with Crippen LogP contribution in [0.2, 0.25) is 0 Å². The maximum absolute atomic E-state index is 12.2. The number of hydrogen-bond acceptors (Lipinski definition) is 5. The van der Waals surface area contributed by atoms with Crippen molar-refractivity contribution in [3.63, 3.8) is 0 Å². The molecule has 2 N–H and O–H groups in total. The molecule has 9 heteroatoms. The maximum Gasteiger partial charge on any atom is 0.455 e. The van der Waals surface area contributed by atoms with Crippen molar-refractivity contribution in [2.45, 2.75) is 18.6 Å². The number of carbonyl (C=O) groups excluding carboxylic acids is 1.